The number of aliphatic hydroxyl groups is 1. The lowest BCUT2D eigenvalue weighted by atomic mass is 9.98. The number of nitrogens with two attached hydrogens (primary N) is 1. The molecule has 1 aromatic rings. The highest BCUT2D eigenvalue weighted by Gasteiger charge is 2.45. The van der Waals surface area contributed by atoms with Gasteiger partial charge in [0.1, 0.15) is 18.1 Å². The van der Waals surface area contributed by atoms with Crippen LogP contribution in [-0.4, -0.2) is 71.1 Å². The second-order valence-electron chi connectivity index (χ2n) is 13.2. The maximum absolute atomic E-state index is 13.7. The predicted molar refractivity (Wildman–Crippen MR) is 181 cm³/mol. The maximum Gasteiger partial charge on any atom is 0.416 e. The van der Waals surface area contributed by atoms with Crippen molar-refractivity contribution in [1.82, 2.24) is 21.3 Å². The van der Waals surface area contributed by atoms with Gasteiger partial charge in [-0.25, -0.2) is 0 Å². The van der Waals surface area contributed by atoms with Crippen LogP contribution in [0.15, 0.2) is 30.3 Å². The van der Waals surface area contributed by atoms with E-state index in [1.165, 1.54) is 6.42 Å². The summed E-state index contributed by atoms with van der Waals surface area (Å²) in [6.45, 7) is 8.78. The molecule has 14 heteroatoms. The lowest BCUT2D eigenvalue weighted by molar-refractivity contribution is -0.212. The lowest BCUT2D eigenvalue weighted by Crippen LogP contribution is -2.60. The van der Waals surface area contributed by atoms with Crippen LogP contribution >= 0.6 is 0 Å². The van der Waals surface area contributed by atoms with Crippen molar-refractivity contribution in [1.29, 1.82) is 0 Å². The summed E-state index contributed by atoms with van der Waals surface area (Å²) in [7, 11) is 0. The molecule has 7 N–H and O–H groups in total. The van der Waals surface area contributed by atoms with E-state index in [-0.39, 0.29) is 24.7 Å². The van der Waals surface area contributed by atoms with Crippen LogP contribution in [0.5, 0.6) is 0 Å². The molecule has 0 fully saturated rings. The Hall–Kier alpha value is -3.68. The first kappa shape index (κ1) is 43.3. The van der Waals surface area contributed by atoms with E-state index < -0.39 is 78.8 Å². The number of aliphatic hydroxyl groups excluding tert-OH is 1. The number of amides is 5. The van der Waals surface area contributed by atoms with Gasteiger partial charge in [0.05, 0.1) is 6.04 Å². The van der Waals surface area contributed by atoms with Crippen molar-refractivity contribution in [2.45, 2.75) is 142 Å². The molecule has 0 aliphatic carbocycles. The summed E-state index contributed by atoms with van der Waals surface area (Å²) in [6.07, 6.45) is -1.71. The van der Waals surface area contributed by atoms with E-state index in [4.69, 9.17) is 5.73 Å². The predicted octanol–water partition coefficient (Wildman–Crippen LogP) is 3.81. The van der Waals surface area contributed by atoms with Gasteiger partial charge in [-0.3, -0.25) is 24.0 Å². The summed E-state index contributed by atoms with van der Waals surface area (Å²) in [5.74, 6) is -4.58. The van der Waals surface area contributed by atoms with Crippen LogP contribution in [0.3, 0.4) is 0 Å². The van der Waals surface area contributed by atoms with Crippen LogP contribution in [0.2, 0.25) is 0 Å². The molecule has 0 aliphatic heterocycles. The molecule has 0 saturated heterocycles. The highest BCUT2D eigenvalue weighted by Crippen LogP contribution is 2.24. The van der Waals surface area contributed by atoms with Crippen LogP contribution in [0, 0.1) is 11.8 Å². The molecule has 0 aliphatic rings. The van der Waals surface area contributed by atoms with Crippen LogP contribution < -0.4 is 27.0 Å². The van der Waals surface area contributed by atoms with Crippen LogP contribution in [0.25, 0.3) is 0 Å². The zero-order valence-electron chi connectivity index (χ0n) is 29.4. The number of benzene rings is 1. The fourth-order valence-corrected chi connectivity index (χ4v) is 5.24. The average molecular weight is 700 g/mol. The molecule has 1 aromatic carbocycles. The minimum Gasteiger partial charge on any atom is -0.382 e. The van der Waals surface area contributed by atoms with Crippen molar-refractivity contribution in [3.05, 3.63) is 35.9 Å². The Balaban J connectivity index is 3.12. The highest BCUT2D eigenvalue weighted by molar-refractivity contribution is 5.94. The number of hydrogen-bond donors (Lipinski definition) is 6. The number of hydrogen-bond acceptors (Lipinski definition) is 6. The molecule has 0 spiro atoms. The highest BCUT2D eigenvalue weighted by atomic mass is 19.4. The van der Waals surface area contributed by atoms with Gasteiger partial charge in [0.15, 0.2) is 6.10 Å². The van der Waals surface area contributed by atoms with Gasteiger partial charge in [0.25, 0.3) is 0 Å². The third kappa shape index (κ3) is 17.0. The van der Waals surface area contributed by atoms with Gasteiger partial charge in [-0.2, -0.15) is 13.2 Å². The van der Waals surface area contributed by atoms with E-state index in [1.54, 1.807) is 58.0 Å². The van der Waals surface area contributed by atoms with Crippen LogP contribution in [0.4, 0.5) is 13.2 Å². The molecule has 1 rings (SSSR count). The Morgan fingerprint density at radius 2 is 1.27 bits per heavy atom. The van der Waals surface area contributed by atoms with E-state index in [0.717, 1.165) is 32.1 Å². The SMILES string of the molecule is CCCCCCCCCC(=O)N[C@H](C(=O)N[C@@H](Cc1ccccc1)C(=O)N[C@H](C(=O)NC(CCC(N)=O)C(O)C(F)(F)F)C(C)C)C(C)C. The molecule has 0 saturated carbocycles. The van der Waals surface area contributed by atoms with Gasteiger partial charge in [0, 0.05) is 19.3 Å². The van der Waals surface area contributed by atoms with Crippen molar-refractivity contribution in [2.75, 3.05) is 0 Å². The second-order valence-corrected chi connectivity index (χ2v) is 13.2. The van der Waals surface area contributed by atoms with Gasteiger partial charge >= 0.3 is 6.18 Å². The Morgan fingerprint density at radius 1 is 0.735 bits per heavy atom. The van der Waals surface area contributed by atoms with Gasteiger partial charge in [-0.1, -0.05) is 103 Å². The zero-order chi connectivity index (χ0) is 37.1. The van der Waals surface area contributed by atoms with Gasteiger partial charge < -0.3 is 32.1 Å². The van der Waals surface area contributed by atoms with E-state index in [2.05, 4.69) is 28.2 Å². The molecule has 2 unspecified atom stereocenters. The molecule has 0 heterocycles. The van der Waals surface area contributed by atoms with Crippen molar-refractivity contribution in [3.8, 4) is 0 Å². The molecule has 49 heavy (non-hydrogen) atoms. The van der Waals surface area contributed by atoms with E-state index in [9.17, 15) is 42.3 Å². The van der Waals surface area contributed by atoms with E-state index in [1.807, 2.05) is 0 Å². The summed E-state index contributed by atoms with van der Waals surface area (Å²) in [6, 6.07) is 3.28. The topological polar surface area (TPSA) is 180 Å². The summed E-state index contributed by atoms with van der Waals surface area (Å²) >= 11 is 0. The maximum atomic E-state index is 13.7. The number of carbonyl (C=O) groups is 5. The first-order chi connectivity index (χ1) is 23.0. The first-order valence-corrected chi connectivity index (χ1v) is 17.2. The number of rotatable bonds is 23. The quantitative estimate of drug-likeness (QED) is 0.0946. The Kier molecular flexibility index (Phi) is 19.6. The number of primary amides is 1. The molecule has 11 nitrogen and oxygen atoms in total. The largest absolute Gasteiger partial charge is 0.416 e. The third-order valence-electron chi connectivity index (χ3n) is 8.18. The minimum absolute atomic E-state index is 0.00959. The molecule has 0 radical (unpaired) electrons. The van der Waals surface area contributed by atoms with Crippen molar-refractivity contribution in [3.63, 3.8) is 0 Å². The van der Waals surface area contributed by atoms with Gasteiger partial charge in [-0.15, -0.1) is 0 Å². The molecule has 0 aromatic heterocycles. The van der Waals surface area contributed by atoms with E-state index in [0.29, 0.717) is 12.0 Å². The summed E-state index contributed by atoms with van der Waals surface area (Å²) in [5.41, 5.74) is 5.75. The average Bonchev–Trinajstić information content (AvgIpc) is 3.02. The normalized spacial score (nSPS) is 14.8. The van der Waals surface area contributed by atoms with Crippen molar-refractivity contribution < 1.29 is 42.3 Å². The number of carbonyl (C=O) groups excluding carboxylic acids is 5. The summed E-state index contributed by atoms with van der Waals surface area (Å²) in [4.78, 5) is 64.5. The number of alkyl halides is 3. The molecular weight excluding hydrogens is 643 g/mol. The van der Waals surface area contributed by atoms with Crippen molar-refractivity contribution in [2.24, 2.45) is 17.6 Å². The Bertz CT molecular complexity index is 1180. The zero-order valence-corrected chi connectivity index (χ0v) is 29.4. The van der Waals surface area contributed by atoms with Crippen LogP contribution in [0.1, 0.15) is 104 Å². The first-order valence-electron chi connectivity index (χ1n) is 17.2. The molecule has 5 atom stereocenters. The molecular formula is C35H56F3N5O6. The minimum atomic E-state index is -5.10. The van der Waals surface area contributed by atoms with Gasteiger partial charge in [0.2, 0.25) is 29.5 Å². The Morgan fingerprint density at radius 3 is 1.80 bits per heavy atom. The molecule has 0 bridgehead atoms. The van der Waals surface area contributed by atoms with Crippen molar-refractivity contribution >= 4 is 29.5 Å². The molecule has 5 amide bonds. The monoisotopic (exact) mass is 699 g/mol. The Labute approximate surface area is 288 Å². The molecule has 278 valence electrons. The van der Waals surface area contributed by atoms with E-state index >= 15 is 0 Å². The second kappa shape index (κ2) is 22.1. The lowest BCUT2D eigenvalue weighted by Gasteiger charge is -2.30. The third-order valence-corrected chi connectivity index (χ3v) is 8.18. The standard InChI is InChI=1S/C35H56F3N5O6/c1-6-7-8-9-10-11-15-18-28(45)42-29(22(2)3)33(48)41-26(21-24-16-13-12-14-17-24)32(47)43-30(23(4)5)34(49)40-25(19-20-27(39)44)31(46)35(36,37)38/h12-14,16-17,22-23,25-26,29-31,46H,6-11,15,18-21H2,1-5H3,(H2,39,44)(H,40,49)(H,41,48)(H,42,45)(H,43,47)/t25?,26-,29-,30-,31?/m0/s1. The number of unbranched alkanes of at least 4 members (excludes halogenated alkanes) is 6. The fraction of sp³-hybridized carbons (Fsp3) is 0.686. The number of halogens is 3. The summed E-state index contributed by atoms with van der Waals surface area (Å²) < 4.78 is 40.1. The fourth-order valence-electron chi connectivity index (χ4n) is 5.24. The van der Waals surface area contributed by atoms with Gasteiger partial charge in [-0.05, 0) is 30.2 Å². The van der Waals surface area contributed by atoms with Crippen LogP contribution in [-0.2, 0) is 30.4 Å². The summed E-state index contributed by atoms with van der Waals surface area (Å²) in [5, 5.41) is 20.0. The number of nitrogens with one attached hydrogen (secondary N) is 4. The smallest absolute Gasteiger partial charge is 0.382 e.